The van der Waals surface area contributed by atoms with Crippen LogP contribution in [-0.4, -0.2) is 36.0 Å². The van der Waals surface area contributed by atoms with Crippen LogP contribution < -0.4 is 0 Å². The van der Waals surface area contributed by atoms with Gasteiger partial charge in [-0.3, -0.25) is 0 Å². The lowest BCUT2D eigenvalue weighted by Crippen LogP contribution is -2.41. The van der Waals surface area contributed by atoms with Crippen molar-refractivity contribution in [1.82, 2.24) is 0 Å². The maximum Gasteiger partial charge on any atom is 0.282 e. The molecular weight excluding hydrogens is 460 g/mol. The van der Waals surface area contributed by atoms with E-state index in [0.29, 0.717) is 19.8 Å². The van der Waals surface area contributed by atoms with Gasteiger partial charge in [-0.25, -0.2) is 0 Å². The molecule has 0 saturated heterocycles. The van der Waals surface area contributed by atoms with Gasteiger partial charge < -0.3 is 14.2 Å². The van der Waals surface area contributed by atoms with Crippen LogP contribution in [0.4, 0.5) is 0 Å². The fraction of sp³-hybridized carbons (Fsp3) is 0.438. The van der Waals surface area contributed by atoms with Crippen molar-refractivity contribution < 1.29 is 14.2 Å². The predicted octanol–water partition coefficient (Wildman–Crippen LogP) is 6.54. The Morgan fingerprint density at radius 2 is 0.833 bits per heavy atom. The van der Waals surface area contributed by atoms with Gasteiger partial charge in [-0.05, 0) is 42.4 Å². The molecule has 0 aliphatic rings. The number of hydrogen-bond acceptors (Lipinski definition) is 3. The van der Waals surface area contributed by atoms with Crippen LogP contribution in [0.15, 0.2) is 91.0 Å². The van der Waals surface area contributed by atoms with Crippen molar-refractivity contribution in [3.63, 3.8) is 0 Å². The maximum atomic E-state index is 6.50. The van der Waals surface area contributed by atoms with E-state index in [1.165, 1.54) is 58.7 Å². The highest BCUT2D eigenvalue weighted by Crippen LogP contribution is 2.26. The van der Waals surface area contributed by atoms with Crippen LogP contribution in [0, 0.1) is 0 Å². The second-order valence-corrected chi connectivity index (χ2v) is 10.5. The Bertz CT molecular complexity index is 807. The first kappa shape index (κ1) is 28.3. The zero-order valence-electron chi connectivity index (χ0n) is 22.1. The van der Waals surface area contributed by atoms with Crippen molar-refractivity contribution in [3.05, 3.63) is 108 Å². The minimum atomic E-state index is -1.00. The highest BCUT2D eigenvalue weighted by molar-refractivity contribution is 6.08. The number of hydrogen-bond donors (Lipinski definition) is 0. The van der Waals surface area contributed by atoms with Gasteiger partial charge in [-0.2, -0.15) is 0 Å². The SMILES string of the molecule is [SiH3]CCCCCCCC(OCCc1ccccc1)(OCCc1ccccc1)OCCc1ccccc1. The van der Waals surface area contributed by atoms with E-state index in [9.17, 15) is 0 Å². The summed E-state index contributed by atoms with van der Waals surface area (Å²) in [5.74, 6) is -1.00. The minimum Gasteiger partial charge on any atom is -0.327 e. The van der Waals surface area contributed by atoms with Gasteiger partial charge in [0.15, 0.2) is 0 Å². The van der Waals surface area contributed by atoms with Crippen molar-refractivity contribution in [2.75, 3.05) is 19.8 Å². The summed E-state index contributed by atoms with van der Waals surface area (Å²) in [5.41, 5.74) is 3.80. The first-order chi connectivity index (χ1) is 17.8. The summed E-state index contributed by atoms with van der Waals surface area (Å²) in [6.07, 6.45) is 9.48. The van der Waals surface area contributed by atoms with Crippen LogP contribution in [0.3, 0.4) is 0 Å². The lowest BCUT2D eigenvalue weighted by Gasteiger charge is -2.34. The molecule has 0 atom stereocenters. The number of ether oxygens (including phenoxy) is 3. The minimum absolute atomic E-state index is 0.571. The van der Waals surface area contributed by atoms with Crippen molar-refractivity contribution in [1.29, 1.82) is 0 Å². The predicted molar refractivity (Wildman–Crippen MR) is 153 cm³/mol. The molecule has 0 amide bonds. The van der Waals surface area contributed by atoms with Gasteiger partial charge >= 0.3 is 0 Å². The molecule has 0 unspecified atom stereocenters. The molecule has 194 valence electrons. The van der Waals surface area contributed by atoms with Gasteiger partial charge in [0.25, 0.3) is 5.97 Å². The summed E-state index contributed by atoms with van der Waals surface area (Å²) >= 11 is 0. The average molecular weight is 505 g/mol. The third kappa shape index (κ3) is 11.2. The number of rotatable bonds is 19. The van der Waals surface area contributed by atoms with Crippen LogP contribution in [0.25, 0.3) is 0 Å². The van der Waals surface area contributed by atoms with Gasteiger partial charge in [-0.1, -0.05) is 123 Å². The zero-order chi connectivity index (χ0) is 25.2. The molecule has 3 aromatic rings. The largest absolute Gasteiger partial charge is 0.327 e. The lowest BCUT2D eigenvalue weighted by atomic mass is 10.1. The van der Waals surface area contributed by atoms with Gasteiger partial charge in [-0.15, -0.1) is 0 Å². The van der Waals surface area contributed by atoms with E-state index in [2.05, 4.69) is 91.0 Å². The molecule has 0 bridgehead atoms. The summed E-state index contributed by atoms with van der Waals surface area (Å²) in [4.78, 5) is 0. The smallest absolute Gasteiger partial charge is 0.282 e. The highest BCUT2D eigenvalue weighted by Gasteiger charge is 2.33. The highest BCUT2D eigenvalue weighted by atomic mass is 28.1. The third-order valence-corrected chi connectivity index (χ3v) is 7.21. The molecule has 36 heavy (non-hydrogen) atoms. The van der Waals surface area contributed by atoms with E-state index in [0.717, 1.165) is 32.1 Å². The fourth-order valence-corrected chi connectivity index (χ4v) is 4.87. The molecule has 3 rings (SSSR count). The Balaban J connectivity index is 1.64. The van der Waals surface area contributed by atoms with Crippen molar-refractivity contribution in [2.24, 2.45) is 0 Å². The summed E-state index contributed by atoms with van der Waals surface area (Å²) in [6, 6.07) is 32.9. The van der Waals surface area contributed by atoms with Crippen LogP contribution in [0.2, 0.25) is 6.04 Å². The normalized spacial score (nSPS) is 11.7. The Morgan fingerprint density at radius 1 is 0.472 bits per heavy atom. The molecule has 3 nitrogen and oxygen atoms in total. The standard InChI is InChI=1S/C32H44O3Si/c36-28-14-3-1-2-13-24-32(33-25-21-29-15-7-4-8-16-29,34-26-22-30-17-9-5-10-18-30)35-27-23-31-19-11-6-12-20-31/h4-12,15-20H,1-3,13-14,21-28H2,36H3. The molecule has 0 heterocycles. The number of benzene rings is 3. The first-order valence-electron chi connectivity index (χ1n) is 13.8. The summed E-state index contributed by atoms with van der Waals surface area (Å²) in [6.45, 7) is 1.71. The van der Waals surface area contributed by atoms with Crippen LogP contribution in [-0.2, 0) is 33.5 Å². The lowest BCUT2D eigenvalue weighted by molar-refractivity contribution is -0.383. The average Bonchev–Trinajstić information content (AvgIpc) is 2.92. The Morgan fingerprint density at radius 3 is 1.22 bits per heavy atom. The second kappa shape index (κ2) is 17.3. The monoisotopic (exact) mass is 504 g/mol. The Labute approximate surface area is 221 Å². The van der Waals surface area contributed by atoms with Crippen molar-refractivity contribution in [2.45, 2.75) is 69.8 Å². The second-order valence-electron chi connectivity index (χ2n) is 9.45. The molecular formula is C32H44O3Si. The van der Waals surface area contributed by atoms with Crippen LogP contribution >= 0.6 is 0 Å². The molecule has 0 radical (unpaired) electrons. The first-order valence-corrected chi connectivity index (χ1v) is 15.2. The molecule has 4 heteroatoms. The van der Waals surface area contributed by atoms with Crippen molar-refractivity contribution >= 4 is 10.2 Å². The number of unbranched alkanes of at least 4 members (excludes halogenated alkanes) is 4. The molecule has 0 fully saturated rings. The quantitative estimate of drug-likeness (QED) is 0.105. The van der Waals surface area contributed by atoms with E-state index in [1.54, 1.807) is 0 Å². The van der Waals surface area contributed by atoms with Crippen LogP contribution in [0.1, 0.15) is 55.2 Å². The summed E-state index contributed by atoms with van der Waals surface area (Å²) in [7, 11) is 1.31. The van der Waals surface area contributed by atoms with E-state index in [-0.39, 0.29) is 0 Å². The van der Waals surface area contributed by atoms with Gasteiger partial charge in [0.1, 0.15) is 0 Å². The van der Waals surface area contributed by atoms with Crippen LogP contribution in [0.5, 0.6) is 0 Å². The molecule has 0 aromatic heterocycles. The Hall–Kier alpha value is -2.24. The van der Waals surface area contributed by atoms with Gasteiger partial charge in [0.2, 0.25) is 0 Å². The molecule has 0 aliphatic carbocycles. The molecule has 0 N–H and O–H groups in total. The van der Waals surface area contributed by atoms with Gasteiger partial charge in [0.05, 0.1) is 19.8 Å². The Kier molecular flexibility index (Phi) is 13.6. The summed E-state index contributed by atoms with van der Waals surface area (Å²) in [5, 5.41) is 0. The van der Waals surface area contributed by atoms with Gasteiger partial charge in [0, 0.05) is 16.7 Å². The third-order valence-electron chi connectivity index (χ3n) is 6.50. The molecule has 0 spiro atoms. The molecule has 3 aromatic carbocycles. The topological polar surface area (TPSA) is 27.7 Å². The van der Waals surface area contributed by atoms with E-state index in [4.69, 9.17) is 14.2 Å². The molecule has 0 saturated carbocycles. The van der Waals surface area contributed by atoms with Crippen molar-refractivity contribution in [3.8, 4) is 0 Å². The summed E-state index contributed by atoms with van der Waals surface area (Å²) < 4.78 is 19.5. The van der Waals surface area contributed by atoms with E-state index >= 15 is 0 Å². The maximum absolute atomic E-state index is 6.50. The molecule has 0 aliphatic heterocycles. The zero-order valence-corrected chi connectivity index (χ0v) is 24.1. The fourth-order valence-electron chi connectivity index (χ4n) is 4.37. The van der Waals surface area contributed by atoms with E-state index < -0.39 is 5.97 Å². The van der Waals surface area contributed by atoms with E-state index in [1.807, 2.05) is 0 Å².